The van der Waals surface area contributed by atoms with Crippen LogP contribution in [0.3, 0.4) is 0 Å². The Hall–Kier alpha value is -0.430. The molecule has 1 saturated heterocycles. The third-order valence-electron chi connectivity index (χ3n) is 3.29. The van der Waals surface area contributed by atoms with Crippen LogP contribution in [0, 0.1) is 13.0 Å². The zero-order chi connectivity index (χ0) is 18.3. The lowest BCUT2D eigenvalue weighted by Crippen LogP contribution is -2.27. The van der Waals surface area contributed by atoms with Crippen LogP contribution in [0.1, 0.15) is 5.56 Å². The number of carbonyl (C=O) groups excluding carboxylic acids is 1. The molecule has 0 atom stereocenters. The fraction of sp³-hybridized carbons (Fsp3) is 0. The van der Waals surface area contributed by atoms with Gasteiger partial charge < -0.3 is 5.11 Å². The van der Waals surface area contributed by atoms with Gasteiger partial charge in [0.1, 0.15) is 11.6 Å². The molecule has 1 fully saturated rings. The molecule has 3 rings (SSSR count). The van der Waals surface area contributed by atoms with Crippen molar-refractivity contribution in [1.82, 2.24) is 0 Å². The predicted molar refractivity (Wildman–Crippen MR) is 121 cm³/mol. The monoisotopic (exact) mass is 617 g/mol. The molecule has 0 aromatic heterocycles. The van der Waals surface area contributed by atoms with Crippen LogP contribution in [0.2, 0.25) is 5.02 Å². The number of hydrogen-bond acceptors (Lipinski definition) is 4. The van der Waals surface area contributed by atoms with Crippen LogP contribution in [0.15, 0.2) is 35.2 Å². The van der Waals surface area contributed by atoms with Crippen molar-refractivity contribution in [2.45, 2.75) is 0 Å². The van der Waals surface area contributed by atoms with E-state index in [9.17, 15) is 14.3 Å². The fourth-order valence-electron chi connectivity index (χ4n) is 2.13. The van der Waals surface area contributed by atoms with Crippen LogP contribution in [-0.4, -0.2) is 15.3 Å². The second-order valence-corrected chi connectivity index (χ2v) is 9.36. The molecule has 2 aromatic carbocycles. The number of benzene rings is 2. The Morgan fingerprint density at radius 1 is 1.24 bits per heavy atom. The number of aromatic hydroxyl groups is 1. The van der Waals surface area contributed by atoms with E-state index in [0.29, 0.717) is 22.1 Å². The Morgan fingerprint density at radius 2 is 1.88 bits per heavy atom. The van der Waals surface area contributed by atoms with E-state index in [0.717, 1.165) is 17.3 Å². The number of thiocarbonyl (C=S) groups is 1. The molecule has 1 amide bonds. The van der Waals surface area contributed by atoms with Crippen molar-refractivity contribution in [3.8, 4) is 5.75 Å². The molecule has 0 bridgehead atoms. The third kappa shape index (κ3) is 3.97. The van der Waals surface area contributed by atoms with Gasteiger partial charge in [-0.1, -0.05) is 35.6 Å². The van der Waals surface area contributed by atoms with Gasteiger partial charge in [0.15, 0.2) is 4.32 Å². The van der Waals surface area contributed by atoms with E-state index < -0.39 is 5.82 Å². The number of halogens is 4. The predicted octanol–water partition coefficient (Wildman–Crippen LogP) is 5.80. The van der Waals surface area contributed by atoms with Gasteiger partial charge in [-0.15, -0.1) is 0 Å². The maximum atomic E-state index is 13.3. The summed E-state index contributed by atoms with van der Waals surface area (Å²) in [5.41, 5.74) is 1.21. The van der Waals surface area contributed by atoms with E-state index in [1.54, 1.807) is 18.2 Å². The highest BCUT2D eigenvalue weighted by Crippen LogP contribution is 2.38. The standard InChI is InChI=1S/C16H7ClFI2NO2S2/c17-9-6-8(1-2-10(9)18)21-15(23)13(25-16(21)24)5-7-3-11(19)14(22)12(20)4-7/h1-6,22H/b13-5+. The first-order chi connectivity index (χ1) is 11.8. The summed E-state index contributed by atoms with van der Waals surface area (Å²) in [6.07, 6.45) is 1.72. The molecule has 9 heteroatoms. The van der Waals surface area contributed by atoms with Crippen molar-refractivity contribution < 1.29 is 14.3 Å². The summed E-state index contributed by atoms with van der Waals surface area (Å²) in [5.74, 6) is -0.637. The molecule has 2 aromatic rings. The number of nitrogens with zero attached hydrogens (tertiary/aromatic N) is 1. The van der Waals surface area contributed by atoms with E-state index in [4.69, 9.17) is 23.8 Å². The SMILES string of the molecule is O=C1/C(=C\c2cc(I)c(O)c(I)c2)SC(=S)N1c1ccc(F)c(Cl)c1. The smallest absolute Gasteiger partial charge is 0.270 e. The third-order valence-corrected chi connectivity index (χ3v) is 6.53. The van der Waals surface area contributed by atoms with Crippen molar-refractivity contribution in [2.24, 2.45) is 0 Å². The molecule has 3 nitrogen and oxygen atoms in total. The minimum atomic E-state index is -0.556. The van der Waals surface area contributed by atoms with Crippen molar-refractivity contribution in [1.29, 1.82) is 0 Å². The maximum absolute atomic E-state index is 13.3. The molecule has 0 saturated carbocycles. The van der Waals surface area contributed by atoms with Gasteiger partial charge in [0.25, 0.3) is 5.91 Å². The summed E-state index contributed by atoms with van der Waals surface area (Å²) in [7, 11) is 0. The summed E-state index contributed by atoms with van der Waals surface area (Å²) in [6, 6.07) is 7.59. The second kappa shape index (κ2) is 7.67. The highest BCUT2D eigenvalue weighted by molar-refractivity contribution is 14.1. The van der Waals surface area contributed by atoms with Gasteiger partial charge in [0.2, 0.25) is 0 Å². The maximum Gasteiger partial charge on any atom is 0.270 e. The van der Waals surface area contributed by atoms with Crippen molar-refractivity contribution in [3.05, 3.63) is 58.8 Å². The number of anilines is 1. The largest absolute Gasteiger partial charge is 0.506 e. The topological polar surface area (TPSA) is 40.5 Å². The normalized spacial score (nSPS) is 16.2. The quantitative estimate of drug-likeness (QED) is 0.263. The Kier molecular flexibility index (Phi) is 5.93. The van der Waals surface area contributed by atoms with Crippen LogP contribution in [0.5, 0.6) is 5.75 Å². The molecule has 1 heterocycles. The summed E-state index contributed by atoms with van der Waals surface area (Å²) >= 11 is 16.3. The van der Waals surface area contributed by atoms with Gasteiger partial charge in [-0.25, -0.2) is 4.39 Å². The fourth-order valence-corrected chi connectivity index (χ4v) is 5.42. The summed E-state index contributed by atoms with van der Waals surface area (Å²) in [6.45, 7) is 0. The highest BCUT2D eigenvalue weighted by Gasteiger charge is 2.33. The first-order valence-electron chi connectivity index (χ1n) is 6.69. The zero-order valence-electron chi connectivity index (χ0n) is 12.1. The second-order valence-electron chi connectivity index (χ2n) is 4.95. The molecule has 0 radical (unpaired) electrons. The highest BCUT2D eigenvalue weighted by atomic mass is 127. The lowest BCUT2D eigenvalue weighted by molar-refractivity contribution is -0.113. The van der Waals surface area contributed by atoms with Crippen LogP contribution < -0.4 is 4.90 Å². The molecular weight excluding hydrogens is 611 g/mol. The molecule has 0 aliphatic carbocycles. The van der Waals surface area contributed by atoms with Gasteiger partial charge >= 0.3 is 0 Å². The summed E-state index contributed by atoms with van der Waals surface area (Å²) < 4.78 is 15.1. The van der Waals surface area contributed by atoms with Crippen LogP contribution in [0.4, 0.5) is 10.1 Å². The average molecular weight is 618 g/mol. The lowest BCUT2D eigenvalue weighted by Gasteiger charge is -2.14. The van der Waals surface area contributed by atoms with Crippen LogP contribution in [0.25, 0.3) is 6.08 Å². The van der Waals surface area contributed by atoms with Gasteiger partial charge in [0, 0.05) is 0 Å². The molecule has 0 unspecified atom stereocenters. The molecule has 128 valence electrons. The van der Waals surface area contributed by atoms with E-state index in [2.05, 4.69) is 0 Å². The van der Waals surface area contributed by atoms with Gasteiger partial charge in [0.05, 0.1) is 22.8 Å². The Balaban J connectivity index is 1.97. The van der Waals surface area contributed by atoms with Crippen molar-refractivity contribution in [2.75, 3.05) is 4.90 Å². The van der Waals surface area contributed by atoms with Crippen LogP contribution >= 0.6 is 80.8 Å². The Labute approximate surface area is 184 Å². The molecule has 0 spiro atoms. The van der Waals surface area contributed by atoms with E-state index in [1.807, 2.05) is 45.2 Å². The number of phenolic OH excluding ortho intramolecular Hbond substituents is 1. The molecule has 1 N–H and O–H groups in total. The number of carbonyl (C=O) groups is 1. The minimum absolute atomic E-state index is 0.0711. The molecule has 25 heavy (non-hydrogen) atoms. The van der Waals surface area contributed by atoms with E-state index >= 15 is 0 Å². The molecule has 1 aliphatic rings. The first kappa shape index (κ1) is 19.3. The van der Waals surface area contributed by atoms with Crippen LogP contribution in [-0.2, 0) is 4.79 Å². The average Bonchev–Trinajstić information content (AvgIpc) is 2.82. The molecule has 1 aliphatic heterocycles. The Morgan fingerprint density at radius 3 is 2.48 bits per heavy atom. The zero-order valence-corrected chi connectivity index (χ0v) is 18.8. The number of thioether (sulfide) groups is 1. The van der Waals surface area contributed by atoms with Crippen molar-refractivity contribution in [3.63, 3.8) is 0 Å². The van der Waals surface area contributed by atoms with Gasteiger partial charge in [-0.2, -0.15) is 0 Å². The summed E-state index contributed by atoms with van der Waals surface area (Å²) in [4.78, 5) is 14.5. The summed E-state index contributed by atoms with van der Waals surface area (Å²) in [5, 5.41) is 9.77. The van der Waals surface area contributed by atoms with E-state index in [1.165, 1.54) is 23.1 Å². The first-order valence-corrected chi connectivity index (χ1v) is 10.4. The Bertz CT molecular complexity index is 929. The van der Waals surface area contributed by atoms with Gasteiger partial charge in [-0.05, 0) is 87.2 Å². The number of hydrogen-bond donors (Lipinski definition) is 1. The van der Waals surface area contributed by atoms with Crippen molar-refractivity contribution >= 4 is 103 Å². The number of rotatable bonds is 2. The number of amides is 1. The van der Waals surface area contributed by atoms with E-state index in [-0.39, 0.29) is 16.7 Å². The number of phenols is 1. The minimum Gasteiger partial charge on any atom is -0.506 e. The molecular formula is C16H7ClFI2NO2S2. The van der Waals surface area contributed by atoms with Gasteiger partial charge in [-0.3, -0.25) is 9.69 Å². The lowest BCUT2D eigenvalue weighted by atomic mass is 10.2.